The normalized spacial score (nSPS) is 12.0. The lowest BCUT2D eigenvalue weighted by Gasteiger charge is -2.16. The van der Waals surface area contributed by atoms with Gasteiger partial charge in [-0.15, -0.1) is 0 Å². The van der Waals surface area contributed by atoms with E-state index in [1.807, 2.05) is 0 Å². The van der Waals surface area contributed by atoms with Gasteiger partial charge in [-0.3, -0.25) is 4.79 Å². The summed E-state index contributed by atoms with van der Waals surface area (Å²) in [5.74, 6) is 0.0595. The third-order valence-electron chi connectivity index (χ3n) is 2.06. The molecule has 0 unspecified atom stereocenters. The Morgan fingerprint density at radius 3 is 2.28 bits per heavy atom. The van der Waals surface area contributed by atoms with Crippen LogP contribution in [0, 0.1) is 0 Å². The van der Waals surface area contributed by atoms with Crippen LogP contribution in [0.5, 0.6) is 5.75 Å². The molecule has 0 saturated carbocycles. The Morgan fingerprint density at radius 1 is 1.28 bits per heavy atom. The van der Waals surface area contributed by atoms with Gasteiger partial charge in [-0.2, -0.15) is 0 Å². The lowest BCUT2D eigenvalue weighted by molar-refractivity contribution is -0.113. The molecule has 1 rings (SSSR count). The number of phenolic OH excluding ortho intramolecular Hbond substituents is 1. The molecule has 5 nitrogen and oxygen atoms in total. The molecule has 0 fully saturated rings. The summed E-state index contributed by atoms with van der Waals surface area (Å²) in [6, 6.07) is 4.79. The summed E-state index contributed by atoms with van der Waals surface area (Å²) in [5, 5.41) is 10.8. The van der Waals surface area contributed by atoms with Crippen molar-refractivity contribution in [3.63, 3.8) is 0 Å². The highest BCUT2D eigenvalue weighted by molar-refractivity contribution is 6.64. The SMILES string of the molecule is CC(C)OC(=O)N[C@@H](C(=O)Cl)c1ccc(O)cc1. The number of hydrogen-bond donors (Lipinski definition) is 2. The molecule has 2 N–H and O–H groups in total. The van der Waals surface area contributed by atoms with Crippen molar-refractivity contribution in [2.75, 3.05) is 0 Å². The van der Waals surface area contributed by atoms with Crippen molar-refractivity contribution in [1.82, 2.24) is 5.32 Å². The predicted molar refractivity (Wildman–Crippen MR) is 66.5 cm³/mol. The zero-order valence-electron chi connectivity index (χ0n) is 10.0. The van der Waals surface area contributed by atoms with Crippen LogP contribution >= 0.6 is 11.6 Å². The van der Waals surface area contributed by atoms with E-state index >= 15 is 0 Å². The summed E-state index contributed by atoms with van der Waals surface area (Å²) < 4.78 is 4.87. The Balaban J connectivity index is 2.80. The Labute approximate surface area is 110 Å². The first-order valence-electron chi connectivity index (χ1n) is 5.35. The summed E-state index contributed by atoms with van der Waals surface area (Å²) in [6.07, 6.45) is -1.02. The van der Waals surface area contributed by atoms with E-state index in [9.17, 15) is 9.59 Å². The van der Waals surface area contributed by atoms with Crippen LogP contribution in [0.1, 0.15) is 25.5 Å². The van der Waals surface area contributed by atoms with Gasteiger partial charge in [0, 0.05) is 0 Å². The van der Waals surface area contributed by atoms with Crippen molar-refractivity contribution in [1.29, 1.82) is 0 Å². The van der Waals surface area contributed by atoms with E-state index in [-0.39, 0.29) is 11.9 Å². The van der Waals surface area contributed by atoms with Gasteiger partial charge in [0.25, 0.3) is 0 Å². The Bertz CT molecular complexity index is 430. The van der Waals surface area contributed by atoms with E-state index in [0.29, 0.717) is 5.56 Å². The second-order valence-electron chi connectivity index (χ2n) is 3.93. The molecule has 0 saturated heterocycles. The first-order chi connectivity index (χ1) is 8.40. The number of amides is 1. The van der Waals surface area contributed by atoms with Crippen LogP contribution in [0.25, 0.3) is 0 Å². The number of carbonyl (C=O) groups excluding carboxylic acids is 2. The van der Waals surface area contributed by atoms with Crippen molar-refractivity contribution in [3.8, 4) is 5.75 Å². The number of hydrogen-bond acceptors (Lipinski definition) is 4. The topological polar surface area (TPSA) is 75.6 Å². The molecule has 6 heteroatoms. The number of rotatable bonds is 4. The van der Waals surface area contributed by atoms with Gasteiger partial charge in [0.1, 0.15) is 11.8 Å². The Kier molecular flexibility index (Phi) is 4.97. The highest BCUT2D eigenvalue weighted by Crippen LogP contribution is 2.19. The number of ether oxygens (including phenoxy) is 1. The van der Waals surface area contributed by atoms with Crippen molar-refractivity contribution in [2.24, 2.45) is 0 Å². The van der Waals surface area contributed by atoms with Gasteiger partial charge in [-0.05, 0) is 43.1 Å². The molecule has 1 atom stereocenters. The van der Waals surface area contributed by atoms with E-state index in [2.05, 4.69) is 5.32 Å². The van der Waals surface area contributed by atoms with Crippen molar-refractivity contribution in [2.45, 2.75) is 26.0 Å². The van der Waals surface area contributed by atoms with Gasteiger partial charge in [0.15, 0.2) is 0 Å². The van der Waals surface area contributed by atoms with E-state index < -0.39 is 17.4 Å². The van der Waals surface area contributed by atoms with E-state index in [1.165, 1.54) is 24.3 Å². The number of phenols is 1. The lowest BCUT2D eigenvalue weighted by Crippen LogP contribution is -2.33. The molecule has 0 aromatic heterocycles. The van der Waals surface area contributed by atoms with Crippen LogP contribution in [0.15, 0.2) is 24.3 Å². The fourth-order valence-corrected chi connectivity index (χ4v) is 1.48. The lowest BCUT2D eigenvalue weighted by atomic mass is 10.1. The van der Waals surface area contributed by atoms with Crippen LogP contribution in [0.3, 0.4) is 0 Å². The standard InChI is InChI=1S/C12H14ClNO4/c1-7(2)18-12(17)14-10(11(13)16)8-3-5-9(15)6-4-8/h3-7,10,15H,1-2H3,(H,14,17)/t10-/m1/s1. The van der Waals surface area contributed by atoms with Gasteiger partial charge >= 0.3 is 6.09 Å². The van der Waals surface area contributed by atoms with Gasteiger partial charge in [-0.25, -0.2) is 4.79 Å². The molecule has 0 aliphatic rings. The van der Waals surface area contributed by atoms with Gasteiger partial charge < -0.3 is 15.2 Å². The van der Waals surface area contributed by atoms with Crippen LogP contribution in [-0.2, 0) is 9.53 Å². The van der Waals surface area contributed by atoms with E-state index in [0.717, 1.165) is 0 Å². The van der Waals surface area contributed by atoms with Crippen molar-refractivity contribution >= 4 is 22.9 Å². The maximum atomic E-state index is 11.4. The summed E-state index contributed by atoms with van der Waals surface area (Å²) in [6.45, 7) is 3.38. The van der Waals surface area contributed by atoms with Crippen molar-refractivity contribution < 1.29 is 19.4 Å². The van der Waals surface area contributed by atoms with Crippen LogP contribution < -0.4 is 5.32 Å². The quantitative estimate of drug-likeness (QED) is 0.824. The first-order valence-corrected chi connectivity index (χ1v) is 5.73. The third-order valence-corrected chi connectivity index (χ3v) is 2.28. The number of aromatic hydroxyl groups is 1. The summed E-state index contributed by atoms with van der Waals surface area (Å²) in [4.78, 5) is 22.7. The molecule has 18 heavy (non-hydrogen) atoms. The fraction of sp³-hybridized carbons (Fsp3) is 0.333. The molecule has 1 amide bonds. The maximum Gasteiger partial charge on any atom is 0.408 e. The highest BCUT2D eigenvalue weighted by atomic mass is 35.5. The highest BCUT2D eigenvalue weighted by Gasteiger charge is 2.22. The van der Waals surface area contributed by atoms with Crippen molar-refractivity contribution in [3.05, 3.63) is 29.8 Å². The molecule has 1 aromatic rings. The minimum atomic E-state index is -1.00. The molecule has 0 spiro atoms. The predicted octanol–water partition coefficient (Wildman–Crippen LogP) is 2.33. The van der Waals surface area contributed by atoms with Gasteiger partial charge in [0.05, 0.1) is 6.10 Å². The Hall–Kier alpha value is -1.75. The second-order valence-corrected chi connectivity index (χ2v) is 4.30. The number of benzene rings is 1. The summed E-state index contributed by atoms with van der Waals surface area (Å²) in [5.41, 5.74) is 0.466. The second kappa shape index (κ2) is 6.26. The number of halogens is 1. The van der Waals surface area contributed by atoms with Crippen LogP contribution in [0.4, 0.5) is 4.79 Å². The Morgan fingerprint density at radius 2 is 1.83 bits per heavy atom. The average Bonchev–Trinajstić information content (AvgIpc) is 2.26. The van der Waals surface area contributed by atoms with E-state index in [1.54, 1.807) is 13.8 Å². The molecule has 0 aliphatic carbocycles. The van der Waals surface area contributed by atoms with E-state index in [4.69, 9.17) is 21.4 Å². The molecule has 1 aromatic carbocycles. The molecule has 98 valence electrons. The molecule has 0 aliphatic heterocycles. The molecular weight excluding hydrogens is 258 g/mol. The molecule has 0 heterocycles. The monoisotopic (exact) mass is 271 g/mol. The van der Waals surface area contributed by atoms with Gasteiger partial charge in [-0.1, -0.05) is 12.1 Å². The molecule has 0 radical (unpaired) electrons. The zero-order valence-corrected chi connectivity index (χ0v) is 10.8. The van der Waals surface area contributed by atoms with Crippen LogP contribution in [-0.4, -0.2) is 22.5 Å². The maximum absolute atomic E-state index is 11.4. The number of alkyl carbamates (subject to hydrolysis) is 1. The van der Waals surface area contributed by atoms with Crippen LogP contribution in [0.2, 0.25) is 0 Å². The minimum absolute atomic E-state index is 0.0595. The first kappa shape index (κ1) is 14.3. The van der Waals surface area contributed by atoms with Gasteiger partial charge in [0.2, 0.25) is 5.24 Å². The minimum Gasteiger partial charge on any atom is -0.508 e. The summed E-state index contributed by atoms with van der Waals surface area (Å²) in [7, 11) is 0. The smallest absolute Gasteiger partial charge is 0.408 e. The molecule has 0 bridgehead atoms. The fourth-order valence-electron chi connectivity index (χ4n) is 1.30. The number of carbonyl (C=O) groups is 2. The largest absolute Gasteiger partial charge is 0.508 e. The zero-order chi connectivity index (χ0) is 13.7. The third kappa shape index (κ3) is 4.25. The summed E-state index contributed by atoms with van der Waals surface area (Å²) >= 11 is 5.43. The number of nitrogens with one attached hydrogen (secondary N) is 1. The molecular formula is C12H14ClNO4. The average molecular weight is 272 g/mol.